The van der Waals surface area contributed by atoms with Gasteiger partial charge in [-0.2, -0.15) is 0 Å². The second-order valence-electron chi connectivity index (χ2n) is 7.68. The average Bonchev–Trinajstić information content (AvgIpc) is 2.65. The Hall–Kier alpha value is 0.0969. The monoisotopic (exact) mass is 402 g/mol. The SMILES string of the molecule is CCOC(CCCCCCCCCCCCCCCC[SiH3])(OCC)OCC. The summed E-state index contributed by atoms with van der Waals surface area (Å²) in [5.41, 5.74) is 0. The Balaban J connectivity index is 3.49. The van der Waals surface area contributed by atoms with E-state index < -0.39 is 5.97 Å². The molecule has 164 valence electrons. The Kier molecular flexibility index (Phi) is 20.9. The van der Waals surface area contributed by atoms with Crippen molar-refractivity contribution in [3.05, 3.63) is 0 Å². The summed E-state index contributed by atoms with van der Waals surface area (Å²) in [5, 5.41) is 0. The molecule has 0 fully saturated rings. The maximum absolute atomic E-state index is 5.79. The van der Waals surface area contributed by atoms with Crippen molar-refractivity contribution in [2.75, 3.05) is 19.8 Å². The van der Waals surface area contributed by atoms with Gasteiger partial charge in [0.25, 0.3) is 5.97 Å². The number of hydrogen-bond donors (Lipinski definition) is 0. The lowest BCUT2D eigenvalue weighted by Crippen LogP contribution is -2.39. The lowest BCUT2D eigenvalue weighted by Gasteiger charge is -2.32. The molecule has 0 aromatic carbocycles. The van der Waals surface area contributed by atoms with E-state index in [0.29, 0.717) is 19.8 Å². The second-order valence-corrected chi connectivity index (χ2v) is 8.68. The molecule has 0 spiro atoms. The summed E-state index contributed by atoms with van der Waals surface area (Å²) in [4.78, 5) is 0. The van der Waals surface area contributed by atoms with E-state index in [-0.39, 0.29) is 0 Å². The molecular weight excluding hydrogens is 352 g/mol. The summed E-state index contributed by atoms with van der Waals surface area (Å²) in [5.74, 6) is -0.809. The van der Waals surface area contributed by atoms with Gasteiger partial charge < -0.3 is 14.2 Å². The molecule has 4 heteroatoms. The molecule has 0 heterocycles. The van der Waals surface area contributed by atoms with E-state index in [1.165, 1.54) is 99.8 Å². The van der Waals surface area contributed by atoms with Gasteiger partial charge >= 0.3 is 0 Å². The Morgan fingerprint density at radius 2 is 0.778 bits per heavy atom. The summed E-state index contributed by atoms with van der Waals surface area (Å²) in [6.07, 6.45) is 20.4. The Bertz CT molecular complexity index is 270. The standard InChI is InChI=1S/C23H50O3Si/c1-4-24-23(25-5-2,26-6-3)21-19-17-15-13-11-9-7-8-10-12-14-16-18-20-22-27/h4-22H2,1-3,27H3. The third-order valence-corrected chi connectivity index (χ3v) is 5.89. The van der Waals surface area contributed by atoms with E-state index in [1.54, 1.807) is 0 Å². The topological polar surface area (TPSA) is 27.7 Å². The number of hydrogen-bond acceptors (Lipinski definition) is 3. The van der Waals surface area contributed by atoms with Gasteiger partial charge in [-0.3, -0.25) is 0 Å². The fourth-order valence-electron chi connectivity index (χ4n) is 3.71. The van der Waals surface area contributed by atoms with Gasteiger partial charge in [-0.25, -0.2) is 0 Å². The van der Waals surface area contributed by atoms with Crippen LogP contribution in [0.2, 0.25) is 6.04 Å². The Labute approximate surface area is 173 Å². The van der Waals surface area contributed by atoms with Crippen molar-refractivity contribution >= 4 is 10.2 Å². The lowest BCUT2D eigenvalue weighted by atomic mass is 10.0. The molecule has 0 aliphatic rings. The predicted molar refractivity (Wildman–Crippen MR) is 122 cm³/mol. The first-order chi connectivity index (χ1) is 13.2. The molecule has 0 radical (unpaired) electrons. The zero-order valence-corrected chi connectivity index (χ0v) is 21.2. The highest BCUT2D eigenvalue weighted by Crippen LogP contribution is 2.24. The van der Waals surface area contributed by atoms with Crippen LogP contribution in [0.15, 0.2) is 0 Å². The van der Waals surface area contributed by atoms with Crippen molar-refractivity contribution in [2.24, 2.45) is 0 Å². The van der Waals surface area contributed by atoms with Crippen molar-refractivity contribution in [2.45, 2.75) is 129 Å². The molecule has 0 unspecified atom stereocenters. The third-order valence-electron chi connectivity index (χ3n) is 5.18. The number of ether oxygens (including phenoxy) is 3. The van der Waals surface area contributed by atoms with E-state index in [4.69, 9.17) is 14.2 Å². The number of unbranched alkanes of at least 4 members (excludes halogenated alkanes) is 13. The maximum Gasteiger partial charge on any atom is 0.282 e. The molecule has 0 aliphatic carbocycles. The quantitative estimate of drug-likeness (QED) is 0.119. The van der Waals surface area contributed by atoms with Crippen LogP contribution in [0.1, 0.15) is 117 Å². The van der Waals surface area contributed by atoms with Crippen LogP contribution in [0.25, 0.3) is 0 Å². The first-order valence-corrected chi connectivity index (χ1v) is 13.6. The van der Waals surface area contributed by atoms with Crippen LogP contribution in [-0.2, 0) is 14.2 Å². The molecule has 0 aromatic heterocycles. The van der Waals surface area contributed by atoms with Gasteiger partial charge in [0.1, 0.15) is 0 Å². The minimum atomic E-state index is -0.809. The minimum absolute atomic E-state index is 0.625. The Morgan fingerprint density at radius 1 is 0.481 bits per heavy atom. The van der Waals surface area contributed by atoms with Gasteiger partial charge in [0.2, 0.25) is 0 Å². The van der Waals surface area contributed by atoms with Crippen LogP contribution in [0.5, 0.6) is 0 Å². The highest BCUT2D eigenvalue weighted by atomic mass is 28.1. The van der Waals surface area contributed by atoms with Crippen molar-refractivity contribution in [1.29, 1.82) is 0 Å². The smallest absolute Gasteiger partial charge is 0.282 e. The van der Waals surface area contributed by atoms with Gasteiger partial charge in [-0.15, -0.1) is 0 Å². The van der Waals surface area contributed by atoms with Crippen LogP contribution >= 0.6 is 0 Å². The number of rotatable bonds is 22. The van der Waals surface area contributed by atoms with Gasteiger partial charge in [-0.1, -0.05) is 89.5 Å². The molecular formula is C23H50O3Si. The van der Waals surface area contributed by atoms with Gasteiger partial charge in [0.05, 0.1) is 0 Å². The minimum Gasteiger partial charge on any atom is -0.328 e. The van der Waals surface area contributed by atoms with Crippen molar-refractivity contribution in [1.82, 2.24) is 0 Å². The van der Waals surface area contributed by atoms with Gasteiger partial charge in [-0.05, 0) is 27.2 Å². The van der Waals surface area contributed by atoms with Crippen molar-refractivity contribution < 1.29 is 14.2 Å². The molecule has 0 aromatic rings. The summed E-state index contributed by atoms with van der Waals surface area (Å²) in [6, 6.07) is 1.49. The van der Waals surface area contributed by atoms with Crippen LogP contribution in [0, 0.1) is 0 Å². The van der Waals surface area contributed by atoms with Crippen LogP contribution in [0.4, 0.5) is 0 Å². The normalized spacial score (nSPS) is 12.1. The zero-order chi connectivity index (χ0) is 20.1. The highest BCUT2D eigenvalue weighted by molar-refractivity contribution is 6.08. The lowest BCUT2D eigenvalue weighted by molar-refractivity contribution is -0.380. The van der Waals surface area contributed by atoms with Gasteiger partial charge in [0, 0.05) is 36.5 Å². The molecule has 3 nitrogen and oxygen atoms in total. The molecule has 0 saturated heterocycles. The van der Waals surface area contributed by atoms with E-state index >= 15 is 0 Å². The van der Waals surface area contributed by atoms with E-state index in [2.05, 4.69) is 0 Å². The first-order valence-electron chi connectivity index (χ1n) is 12.2. The summed E-state index contributed by atoms with van der Waals surface area (Å²) in [7, 11) is 1.39. The summed E-state index contributed by atoms with van der Waals surface area (Å²) in [6.45, 7) is 7.88. The fourth-order valence-corrected chi connectivity index (χ4v) is 4.21. The van der Waals surface area contributed by atoms with E-state index in [1.807, 2.05) is 20.8 Å². The third kappa shape index (κ3) is 16.7. The maximum atomic E-state index is 5.79. The second kappa shape index (κ2) is 20.8. The van der Waals surface area contributed by atoms with Crippen LogP contribution in [0.3, 0.4) is 0 Å². The van der Waals surface area contributed by atoms with Crippen LogP contribution in [-0.4, -0.2) is 36.0 Å². The van der Waals surface area contributed by atoms with Gasteiger partial charge in [0.15, 0.2) is 0 Å². The highest BCUT2D eigenvalue weighted by Gasteiger charge is 2.31. The fraction of sp³-hybridized carbons (Fsp3) is 1.00. The van der Waals surface area contributed by atoms with Crippen molar-refractivity contribution in [3.8, 4) is 0 Å². The van der Waals surface area contributed by atoms with Crippen molar-refractivity contribution in [3.63, 3.8) is 0 Å². The molecule has 0 bridgehead atoms. The zero-order valence-electron chi connectivity index (χ0n) is 19.2. The van der Waals surface area contributed by atoms with Crippen LogP contribution < -0.4 is 0 Å². The molecule has 0 amide bonds. The average molecular weight is 403 g/mol. The molecule has 0 aliphatic heterocycles. The molecule has 0 atom stereocenters. The van der Waals surface area contributed by atoms with E-state index in [9.17, 15) is 0 Å². The summed E-state index contributed by atoms with van der Waals surface area (Å²) >= 11 is 0. The largest absolute Gasteiger partial charge is 0.328 e. The molecule has 0 N–H and O–H groups in total. The predicted octanol–water partition coefficient (Wildman–Crippen LogP) is 6.38. The summed E-state index contributed by atoms with van der Waals surface area (Å²) < 4.78 is 17.4. The van der Waals surface area contributed by atoms with E-state index in [0.717, 1.165) is 12.8 Å². The Morgan fingerprint density at radius 3 is 1.07 bits per heavy atom. The molecule has 27 heavy (non-hydrogen) atoms. The molecule has 0 saturated carbocycles. The first kappa shape index (κ1) is 27.1. The molecule has 0 rings (SSSR count).